The largest absolute Gasteiger partial charge is 0.320 e. The zero-order valence-corrected chi connectivity index (χ0v) is 9.95. The molecule has 1 aromatic heterocycles. The first-order chi connectivity index (χ1) is 9.34. The van der Waals surface area contributed by atoms with E-state index in [1.54, 1.807) is 18.6 Å². The van der Waals surface area contributed by atoms with E-state index in [9.17, 15) is 4.79 Å². The molecule has 0 saturated carbocycles. The lowest BCUT2D eigenvalue weighted by molar-refractivity contribution is -0.110. The maximum Gasteiger partial charge on any atom is 0.276 e. The molecular weight excluding hydrogens is 240 g/mol. The molecule has 5 heteroatoms. The SMILES string of the molecule is O=C1Nc2ccccc2/C1=N/N=C/c1cccnc1. The van der Waals surface area contributed by atoms with Crippen LogP contribution in [0.2, 0.25) is 0 Å². The van der Waals surface area contributed by atoms with Gasteiger partial charge in [-0.3, -0.25) is 9.78 Å². The Bertz CT molecular complexity index is 677. The highest BCUT2D eigenvalue weighted by Gasteiger charge is 2.25. The number of nitrogens with one attached hydrogen (secondary N) is 1. The van der Waals surface area contributed by atoms with Crippen molar-refractivity contribution in [1.82, 2.24) is 4.98 Å². The number of amides is 1. The lowest BCUT2D eigenvalue weighted by Gasteiger charge is -1.93. The van der Waals surface area contributed by atoms with Crippen molar-refractivity contribution in [2.24, 2.45) is 10.2 Å². The van der Waals surface area contributed by atoms with Crippen LogP contribution in [0.25, 0.3) is 0 Å². The highest BCUT2D eigenvalue weighted by molar-refractivity contribution is 6.53. The molecule has 1 aliphatic heterocycles. The molecule has 19 heavy (non-hydrogen) atoms. The first kappa shape index (κ1) is 11.3. The van der Waals surface area contributed by atoms with Crippen LogP contribution in [0.4, 0.5) is 5.69 Å². The molecule has 2 heterocycles. The van der Waals surface area contributed by atoms with E-state index in [2.05, 4.69) is 20.5 Å². The molecule has 0 fully saturated rings. The molecule has 0 aliphatic carbocycles. The second kappa shape index (κ2) is 4.81. The fraction of sp³-hybridized carbons (Fsp3) is 0. The molecule has 0 bridgehead atoms. The topological polar surface area (TPSA) is 66.7 Å². The third kappa shape index (κ3) is 2.26. The number of carbonyl (C=O) groups is 1. The second-order valence-electron chi connectivity index (χ2n) is 3.98. The van der Waals surface area contributed by atoms with Crippen molar-refractivity contribution < 1.29 is 4.79 Å². The van der Waals surface area contributed by atoms with Gasteiger partial charge in [0.1, 0.15) is 0 Å². The molecule has 1 aliphatic rings. The molecule has 1 N–H and O–H groups in total. The van der Waals surface area contributed by atoms with Crippen LogP contribution in [-0.2, 0) is 4.79 Å². The van der Waals surface area contributed by atoms with Gasteiger partial charge in [0, 0.05) is 23.5 Å². The van der Waals surface area contributed by atoms with Crippen LogP contribution in [0.3, 0.4) is 0 Å². The van der Waals surface area contributed by atoms with Crippen LogP contribution in [0.1, 0.15) is 11.1 Å². The van der Waals surface area contributed by atoms with Crippen molar-refractivity contribution in [3.8, 4) is 0 Å². The smallest absolute Gasteiger partial charge is 0.276 e. The maximum absolute atomic E-state index is 11.7. The van der Waals surface area contributed by atoms with Crippen molar-refractivity contribution >= 4 is 23.5 Å². The summed E-state index contributed by atoms with van der Waals surface area (Å²) in [4.78, 5) is 15.7. The quantitative estimate of drug-likeness (QED) is 0.653. The maximum atomic E-state index is 11.7. The average Bonchev–Trinajstić information content (AvgIpc) is 2.76. The van der Waals surface area contributed by atoms with Gasteiger partial charge in [-0.25, -0.2) is 0 Å². The highest BCUT2D eigenvalue weighted by atomic mass is 16.2. The van der Waals surface area contributed by atoms with Gasteiger partial charge >= 0.3 is 0 Å². The summed E-state index contributed by atoms with van der Waals surface area (Å²) in [6.45, 7) is 0. The Morgan fingerprint density at radius 3 is 2.89 bits per heavy atom. The first-order valence-corrected chi connectivity index (χ1v) is 5.76. The number of anilines is 1. The Morgan fingerprint density at radius 2 is 2.05 bits per heavy atom. The number of nitrogens with zero attached hydrogens (tertiary/aromatic N) is 3. The first-order valence-electron chi connectivity index (χ1n) is 5.76. The molecular formula is C14H10N4O. The predicted molar refractivity (Wildman–Crippen MR) is 73.4 cm³/mol. The molecule has 0 radical (unpaired) electrons. The molecule has 0 atom stereocenters. The standard InChI is InChI=1S/C14H10N4O/c19-14-13(11-5-1-2-6-12(11)17-14)18-16-9-10-4-3-7-15-8-10/h1-9H,(H,17,18,19)/b16-9+. The van der Waals surface area contributed by atoms with Gasteiger partial charge in [0.15, 0.2) is 5.71 Å². The number of para-hydroxylation sites is 1. The Kier molecular flexibility index (Phi) is 2.86. The van der Waals surface area contributed by atoms with Crippen LogP contribution < -0.4 is 5.32 Å². The fourth-order valence-electron chi connectivity index (χ4n) is 1.81. The van der Waals surface area contributed by atoms with Gasteiger partial charge in [0.2, 0.25) is 0 Å². The number of benzene rings is 1. The van der Waals surface area contributed by atoms with Gasteiger partial charge in [0.05, 0.1) is 11.9 Å². The molecule has 92 valence electrons. The van der Waals surface area contributed by atoms with Gasteiger partial charge in [0.25, 0.3) is 5.91 Å². The number of rotatable bonds is 2. The minimum absolute atomic E-state index is 0.232. The van der Waals surface area contributed by atoms with Crippen LogP contribution in [-0.4, -0.2) is 22.8 Å². The predicted octanol–water partition coefficient (Wildman–Crippen LogP) is 1.86. The summed E-state index contributed by atoms with van der Waals surface area (Å²) in [5.41, 5.74) is 2.70. The van der Waals surface area contributed by atoms with Gasteiger partial charge in [-0.15, -0.1) is 5.10 Å². The normalized spacial score (nSPS) is 15.8. The third-order valence-corrected chi connectivity index (χ3v) is 2.69. The molecule has 5 nitrogen and oxygen atoms in total. The summed E-state index contributed by atoms with van der Waals surface area (Å²) in [5, 5.41) is 10.7. The number of aromatic nitrogens is 1. The van der Waals surface area contributed by atoms with E-state index < -0.39 is 0 Å². The van der Waals surface area contributed by atoms with E-state index in [1.807, 2.05) is 36.4 Å². The van der Waals surface area contributed by atoms with Crippen molar-refractivity contribution in [3.63, 3.8) is 0 Å². The van der Waals surface area contributed by atoms with Crippen molar-refractivity contribution in [1.29, 1.82) is 0 Å². The summed E-state index contributed by atoms with van der Waals surface area (Å²) in [6, 6.07) is 11.1. The van der Waals surface area contributed by atoms with E-state index in [4.69, 9.17) is 0 Å². The van der Waals surface area contributed by atoms with Crippen LogP contribution in [0, 0.1) is 0 Å². The van der Waals surface area contributed by atoms with Gasteiger partial charge < -0.3 is 5.32 Å². The Hall–Kier alpha value is -2.82. The minimum Gasteiger partial charge on any atom is -0.320 e. The lowest BCUT2D eigenvalue weighted by atomic mass is 10.1. The van der Waals surface area contributed by atoms with E-state index >= 15 is 0 Å². The summed E-state index contributed by atoms with van der Waals surface area (Å²) >= 11 is 0. The summed E-state index contributed by atoms with van der Waals surface area (Å²) in [7, 11) is 0. The van der Waals surface area contributed by atoms with Crippen LogP contribution in [0.5, 0.6) is 0 Å². The van der Waals surface area contributed by atoms with Gasteiger partial charge in [-0.1, -0.05) is 24.3 Å². The van der Waals surface area contributed by atoms with Crippen molar-refractivity contribution in [2.45, 2.75) is 0 Å². The van der Waals surface area contributed by atoms with Crippen LogP contribution in [0.15, 0.2) is 59.0 Å². The highest BCUT2D eigenvalue weighted by Crippen LogP contribution is 2.22. The number of carbonyl (C=O) groups excluding carboxylic acids is 1. The van der Waals surface area contributed by atoms with E-state index in [0.29, 0.717) is 5.71 Å². The second-order valence-corrected chi connectivity index (χ2v) is 3.98. The zero-order chi connectivity index (χ0) is 13.1. The van der Waals surface area contributed by atoms with Crippen molar-refractivity contribution in [2.75, 3.05) is 5.32 Å². The van der Waals surface area contributed by atoms with Crippen LogP contribution >= 0.6 is 0 Å². The van der Waals surface area contributed by atoms with E-state index in [0.717, 1.165) is 16.8 Å². The number of hydrogen-bond donors (Lipinski definition) is 1. The summed E-state index contributed by atoms with van der Waals surface area (Å²) in [5.74, 6) is -0.232. The summed E-state index contributed by atoms with van der Waals surface area (Å²) < 4.78 is 0. The fourth-order valence-corrected chi connectivity index (χ4v) is 1.81. The number of hydrogen-bond acceptors (Lipinski definition) is 4. The number of pyridine rings is 1. The Labute approximate surface area is 109 Å². The molecule has 3 rings (SSSR count). The molecule has 0 spiro atoms. The lowest BCUT2D eigenvalue weighted by Crippen LogP contribution is -2.13. The monoisotopic (exact) mass is 250 g/mol. The molecule has 2 aromatic rings. The molecule has 0 unspecified atom stereocenters. The Balaban J connectivity index is 1.89. The molecule has 1 aromatic carbocycles. The summed E-state index contributed by atoms with van der Waals surface area (Å²) in [6.07, 6.45) is 4.92. The van der Waals surface area contributed by atoms with E-state index in [-0.39, 0.29) is 5.91 Å². The number of fused-ring (bicyclic) bond motifs is 1. The van der Waals surface area contributed by atoms with Crippen molar-refractivity contribution in [3.05, 3.63) is 59.9 Å². The third-order valence-electron chi connectivity index (χ3n) is 2.69. The minimum atomic E-state index is -0.232. The van der Waals surface area contributed by atoms with Gasteiger partial charge in [-0.2, -0.15) is 5.10 Å². The molecule has 1 amide bonds. The average molecular weight is 250 g/mol. The molecule has 0 saturated heterocycles. The van der Waals surface area contributed by atoms with Gasteiger partial charge in [-0.05, 0) is 12.1 Å². The zero-order valence-electron chi connectivity index (χ0n) is 9.95. The Morgan fingerprint density at radius 1 is 1.16 bits per heavy atom. The van der Waals surface area contributed by atoms with E-state index in [1.165, 1.54) is 0 Å².